The van der Waals surface area contributed by atoms with Gasteiger partial charge in [0.05, 0.1) is 11.1 Å². The van der Waals surface area contributed by atoms with E-state index in [1.54, 1.807) is 17.9 Å². The molecule has 1 aromatic carbocycles. The van der Waals surface area contributed by atoms with Crippen LogP contribution in [0.5, 0.6) is 0 Å². The summed E-state index contributed by atoms with van der Waals surface area (Å²) in [6.45, 7) is 2.73. The molecule has 0 radical (unpaired) electrons. The molecule has 1 aliphatic rings. The van der Waals surface area contributed by atoms with Gasteiger partial charge in [0.2, 0.25) is 0 Å². The van der Waals surface area contributed by atoms with Gasteiger partial charge in [0.1, 0.15) is 5.69 Å². The second kappa shape index (κ2) is 5.00. The zero-order valence-corrected chi connectivity index (χ0v) is 12.0. The Labute approximate surface area is 123 Å². The Morgan fingerprint density at radius 3 is 2.95 bits per heavy atom. The number of anilines is 1. The first-order valence-corrected chi connectivity index (χ1v) is 7.13. The number of likely N-dealkylation sites (tertiary alicyclic amines) is 1. The van der Waals surface area contributed by atoms with Gasteiger partial charge in [0, 0.05) is 24.2 Å². The fourth-order valence-electron chi connectivity index (χ4n) is 2.87. The predicted molar refractivity (Wildman–Crippen MR) is 81.9 cm³/mol. The number of rotatable bonds is 1. The molecule has 1 saturated heterocycles. The number of β-amino-alcohol motifs (C(OH)–C–C–N with tert-alkyl or cyclic N) is 1. The second-order valence-corrected chi connectivity index (χ2v) is 5.94. The van der Waals surface area contributed by atoms with Crippen LogP contribution in [0.25, 0.3) is 10.9 Å². The zero-order valence-electron chi connectivity index (χ0n) is 12.0. The Hall–Kier alpha value is -2.14. The van der Waals surface area contributed by atoms with Crippen molar-refractivity contribution in [2.75, 3.05) is 18.8 Å². The maximum absolute atomic E-state index is 12.6. The highest BCUT2D eigenvalue weighted by molar-refractivity contribution is 5.99. The molecule has 3 N–H and O–H groups in total. The van der Waals surface area contributed by atoms with E-state index in [0.29, 0.717) is 36.4 Å². The van der Waals surface area contributed by atoms with Crippen LogP contribution in [0.3, 0.4) is 0 Å². The van der Waals surface area contributed by atoms with Gasteiger partial charge < -0.3 is 15.7 Å². The molecule has 1 unspecified atom stereocenters. The highest BCUT2D eigenvalue weighted by Gasteiger charge is 2.31. The van der Waals surface area contributed by atoms with Crippen molar-refractivity contribution in [2.24, 2.45) is 0 Å². The zero-order chi connectivity index (χ0) is 15.0. The summed E-state index contributed by atoms with van der Waals surface area (Å²) in [6, 6.07) is 9.11. The van der Waals surface area contributed by atoms with Gasteiger partial charge in [-0.25, -0.2) is 4.98 Å². The molecule has 0 aliphatic carbocycles. The lowest BCUT2D eigenvalue weighted by Gasteiger charge is -2.36. The van der Waals surface area contributed by atoms with Crippen molar-refractivity contribution in [1.29, 1.82) is 0 Å². The van der Waals surface area contributed by atoms with Crippen molar-refractivity contribution < 1.29 is 9.90 Å². The van der Waals surface area contributed by atoms with E-state index in [2.05, 4.69) is 4.98 Å². The van der Waals surface area contributed by atoms with Crippen molar-refractivity contribution in [3.05, 3.63) is 36.0 Å². The summed E-state index contributed by atoms with van der Waals surface area (Å²) < 4.78 is 0. The van der Waals surface area contributed by atoms with Crippen LogP contribution >= 0.6 is 0 Å². The van der Waals surface area contributed by atoms with Crippen molar-refractivity contribution in [3.8, 4) is 0 Å². The van der Waals surface area contributed by atoms with Crippen molar-refractivity contribution in [1.82, 2.24) is 9.88 Å². The van der Waals surface area contributed by atoms with E-state index >= 15 is 0 Å². The smallest absolute Gasteiger partial charge is 0.272 e. The first-order chi connectivity index (χ1) is 9.96. The molecule has 1 fully saturated rings. The monoisotopic (exact) mass is 285 g/mol. The highest BCUT2D eigenvalue weighted by Crippen LogP contribution is 2.24. The number of nitrogens with zero attached hydrogens (tertiary/aromatic N) is 2. The predicted octanol–water partition coefficient (Wildman–Crippen LogP) is 1.80. The lowest BCUT2D eigenvalue weighted by atomic mass is 9.95. The highest BCUT2D eigenvalue weighted by atomic mass is 16.3. The Kier molecular flexibility index (Phi) is 3.29. The number of amides is 1. The van der Waals surface area contributed by atoms with Gasteiger partial charge in [-0.2, -0.15) is 0 Å². The summed E-state index contributed by atoms with van der Waals surface area (Å²) >= 11 is 0. The molecule has 0 bridgehead atoms. The average molecular weight is 285 g/mol. The molecule has 0 spiro atoms. The third kappa shape index (κ3) is 2.69. The lowest BCUT2D eigenvalue weighted by molar-refractivity contribution is -0.0109. The van der Waals surface area contributed by atoms with Gasteiger partial charge in [-0.1, -0.05) is 18.2 Å². The molecule has 0 saturated carbocycles. The number of aromatic nitrogens is 1. The minimum atomic E-state index is -0.823. The number of piperidine rings is 1. The Morgan fingerprint density at radius 2 is 2.19 bits per heavy atom. The van der Waals surface area contributed by atoms with Crippen LogP contribution in [0.2, 0.25) is 0 Å². The van der Waals surface area contributed by atoms with E-state index in [4.69, 9.17) is 5.73 Å². The fraction of sp³-hybridized carbons (Fsp3) is 0.375. The van der Waals surface area contributed by atoms with Crippen molar-refractivity contribution in [2.45, 2.75) is 25.4 Å². The summed E-state index contributed by atoms with van der Waals surface area (Å²) in [4.78, 5) is 18.6. The standard InChI is InChI=1S/C16H19N3O2/c1-16(21)7-4-8-19(10-16)15(20)14-9-12(17)11-5-2-3-6-13(11)18-14/h2-3,5-6,9,21H,4,7-8,10H2,1H3,(H2,17,18). The molecule has 110 valence electrons. The topological polar surface area (TPSA) is 79.5 Å². The number of hydrogen-bond acceptors (Lipinski definition) is 4. The molecule has 1 atom stereocenters. The molecule has 1 aromatic heterocycles. The maximum atomic E-state index is 12.6. The Bertz CT molecular complexity index is 697. The molecule has 5 nitrogen and oxygen atoms in total. The second-order valence-electron chi connectivity index (χ2n) is 5.94. The third-order valence-electron chi connectivity index (χ3n) is 3.93. The van der Waals surface area contributed by atoms with E-state index in [1.165, 1.54) is 0 Å². The first kappa shape index (κ1) is 13.8. The SMILES string of the molecule is CC1(O)CCCN(C(=O)c2cc(N)c3ccccc3n2)C1. The Balaban J connectivity index is 1.94. The normalized spacial score (nSPS) is 22.5. The van der Waals surface area contributed by atoms with Gasteiger partial charge in [-0.15, -0.1) is 0 Å². The van der Waals surface area contributed by atoms with E-state index in [0.717, 1.165) is 11.8 Å². The molecule has 1 aliphatic heterocycles. The number of carbonyl (C=O) groups excluding carboxylic acids is 1. The molecular weight excluding hydrogens is 266 g/mol. The molecule has 3 rings (SSSR count). The first-order valence-electron chi connectivity index (χ1n) is 7.13. The van der Waals surface area contributed by atoms with Crippen LogP contribution < -0.4 is 5.73 Å². The van der Waals surface area contributed by atoms with Gasteiger partial charge in [0.15, 0.2) is 0 Å². The number of aliphatic hydroxyl groups is 1. The van der Waals surface area contributed by atoms with E-state index in [-0.39, 0.29) is 5.91 Å². The number of para-hydroxylation sites is 1. The molecule has 21 heavy (non-hydrogen) atoms. The van der Waals surface area contributed by atoms with E-state index in [9.17, 15) is 9.90 Å². The van der Waals surface area contributed by atoms with E-state index < -0.39 is 5.60 Å². The minimum absolute atomic E-state index is 0.174. The molecular formula is C16H19N3O2. The number of benzene rings is 1. The van der Waals surface area contributed by atoms with Gasteiger partial charge >= 0.3 is 0 Å². The Morgan fingerprint density at radius 1 is 1.43 bits per heavy atom. The van der Waals surface area contributed by atoms with Crippen molar-refractivity contribution in [3.63, 3.8) is 0 Å². The summed E-state index contributed by atoms with van der Waals surface area (Å²) in [7, 11) is 0. The van der Waals surface area contributed by atoms with Crippen LogP contribution in [0.4, 0.5) is 5.69 Å². The molecule has 2 heterocycles. The van der Waals surface area contributed by atoms with Gasteiger partial charge in [-0.3, -0.25) is 4.79 Å². The summed E-state index contributed by atoms with van der Waals surface area (Å²) in [5, 5.41) is 11.0. The quantitative estimate of drug-likeness (QED) is 0.837. The van der Waals surface area contributed by atoms with Crippen LogP contribution in [-0.2, 0) is 0 Å². The van der Waals surface area contributed by atoms with Crippen LogP contribution in [-0.4, -0.2) is 39.6 Å². The summed E-state index contributed by atoms with van der Waals surface area (Å²) in [5.74, 6) is -0.174. The number of nitrogen functional groups attached to an aromatic ring is 1. The summed E-state index contributed by atoms with van der Waals surface area (Å²) in [6.07, 6.45) is 1.51. The lowest BCUT2D eigenvalue weighted by Crippen LogP contribution is -2.48. The van der Waals surface area contributed by atoms with E-state index in [1.807, 2.05) is 24.3 Å². The maximum Gasteiger partial charge on any atom is 0.272 e. The molecule has 1 amide bonds. The molecule has 2 aromatic rings. The largest absolute Gasteiger partial charge is 0.398 e. The number of carbonyl (C=O) groups is 1. The van der Waals surface area contributed by atoms with Crippen LogP contribution in [0, 0.1) is 0 Å². The van der Waals surface area contributed by atoms with Gasteiger partial charge in [0.25, 0.3) is 5.91 Å². The fourth-order valence-corrected chi connectivity index (χ4v) is 2.87. The third-order valence-corrected chi connectivity index (χ3v) is 3.93. The number of fused-ring (bicyclic) bond motifs is 1. The van der Waals surface area contributed by atoms with Crippen molar-refractivity contribution >= 4 is 22.5 Å². The summed E-state index contributed by atoms with van der Waals surface area (Å²) in [5.41, 5.74) is 6.79. The molecule has 5 heteroatoms. The number of hydrogen-bond donors (Lipinski definition) is 2. The minimum Gasteiger partial charge on any atom is -0.398 e. The number of nitrogens with two attached hydrogens (primary N) is 1. The van der Waals surface area contributed by atoms with Crippen LogP contribution in [0.1, 0.15) is 30.3 Å². The van der Waals surface area contributed by atoms with Gasteiger partial charge in [-0.05, 0) is 31.9 Å². The van der Waals surface area contributed by atoms with Crippen LogP contribution in [0.15, 0.2) is 30.3 Å². The average Bonchev–Trinajstić information content (AvgIpc) is 2.45. The number of pyridine rings is 1.